The highest BCUT2D eigenvalue weighted by Crippen LogP contribution is 2.09. The molecule has 0 aliphatic rings. The second-order valence-corrected chi connectivity index (χ2v) is 4.81. The van der Waals surface area contributed by atoms with Gasteiger partial charge in [0.2, 0.25) is 0 Å². The molecule has 3 heteroatoms. The highest BCUT2D eigenvalue weighted by molar-refractivity contribution is 5.78. The summed E-state index contributed by atoms with van der Waals surface area (Å²) in [5.41, 5.74) is 6.01. The van der Waals surface area contributed by atoms with Gasteiger partial charge in [-0.25, -0.2) is 0 Å². The van der Waals surface area contributed by atoms with Crippen molar-refractivity contribution in [2.75, 3.05) is 19.6 Å². The van der Waals surface area contributed by atoms with Gasteiger partial charge in [-0.05, 0) is 18.8 Å². The number of nitrogens with two attached hydrogens (primary N) is 1. The molecule has 0 saturated heterocycles. The first-order chi connectivity index (χ1) is 7.54. The van der Waals surface area contributed by atoms with Gasteiger partial charge in [-0.15, -0.1) is 0 Å². The van der Waals surface area contributed by atoms with Gasteiger partial charge in [0.25, 0.3) is 0 Å². The molecule has 0 spiro atoms. The Morgan fingerprint density at radius 2 is 1.75 bits per heavy atom. The largest absolute Gasteiger partial charge is 0.370 e. The fourth-order valence-electron chi connectivity index (χ4n) is 1.62. The van der Waals surface area contributed by atoms with Crippen LogP contribution >= 0.6 is 0 Å². The fourth-order valence-corrected chi connectivity index (χ4v) is 1.62. The summed E-state index contributed by atoms with van der Waals surface area (Å²) in [6.45, 7) is 13.8. The monoisotopic (exact) mass is 227 g/mol. The lowest BCUT2D eigenvalue weighted by atomic mass is 10.0. The van der Waals surface area contributed by atoms with Gasteiger partial charge in [-0.1, -0.05) is 40.5 Å². The van der Waals surface area contributed by atoms with E-state index in [1.807, 2.05) is 0 Å². The van der Waals surface area contributed by atoms with Crippen LogP contribution in [0.3, 0.4) is 0 Å². The van der Waals surface area contributed by atoms with Gasteiger partial charge in [-0.3, -0.25) is 4.99 Å². The van der Waals surface area contributed by atoms with E-state index in [9.17, 15) is 0 Å². The average Bonchev–Trinajstić information content (AvgIpc) is 2.27. The van der Waals surface area contributed by atoms with Crippen LogP contribution in [0.25, 0.3) is 0 Å². The number of hydrogen-bond donors (Lipinski definition) is 1. The van der Waals surface area contributed by atoms with Crippen molar-refractivity contribution < 1.29 is 0 Å². The molecule has 0 aromatic rings. The van der Waals surface area contributed by atoms with E-state index >= 15 is 0 Å². The van der Waals surface area contributed by atoms with Gasteiger partial charge in [0.1, 0.15) is 0 Å². The lowest BCUT2D eigenvalue weighted by molar-refractivity contribution is 0.331. The lowest BCUT2D eigenvalue weighted by Crippen LogP contribution is -2.40. The first kappa shape index (κ1) is 15.3. The maximum Gasteiger partial charge on any atom is 0.191 e. The number of aliphatic imine (C=N–C) groups is 1. The Morgan fingerprint density at radius 3 is 2.12 bits per heavy atom. The molecule has 96 valence electrons. The molecule has 0 aliphatic carbocycles. The van der Waals surface area contributed by atoms with Crippen molar-refractivity contribution in [1.29, 1.82) is 0 Å². The fraction of sp³-hybridized carbons (Fsp3) is 0.923. The van der Waals surface area contributed by atoms with E-state index in [4.69, 9.17) is 5.73 Å². The lowest BCUT2D eigenvalue weighted by Gasteiger charge is -2.26. The van der Waals surface area contributed by atoms with E-state index in [0.717, 1.165) is 25.6 Å². The van der Waals surface area contributed by atoms with Crippen molar-refractivity contribution in [3.63, 3.8) is 0 Å². The molecule has 0 heterocycles. The normalized spacial score (nSPS) is 12.6. The summed E-state index contributed by atoms with van der Waals surface area (Å²) in [6, 6.07) is 0. The molecule has 0 fully saturated rings. The zero-order chi connectivity index (χ0) is 12.6. The molecular formula is C13H29N3. The molecule has 0 aromatic heterocycles. The molecular weight excluding hydrogens is 198 g/mol. The molecule has 0 atom stereocenters. The Kier molecular flexibility index (Phi) is 8.04. The topological polar surface area (TPSA) is 41.6 Å². The van der Waals surface area contributed by atoms with Crippen molar-refractivity contribution in [2.24, 2.45) is 22.6 Å². The smallest absolute Gasteiger partial charge is 0.191 e. The SMILES string of the molecule is CCC(CC)CN(CC)C(N)=NCC(C)C. The molecule has 0 bridgehead atoms. The predicted octanol–water partition coefficient (Wildman–Crippen LogP) is 2.72. The van der Waals surface area contributed by atoms with Crippen LogP contribution in [0.1, 0.15) is 47.5 Å². The Hall–Kier alpha value is -0.730. The van der Waals surface area contributed by atoms with Crippen molar-refractivity contribution in [1.82, 2.24) is 4.90 Å². The molecule has 0 unspecified atom stereocenters. The molecule has 0 amide bonds. The van der Waals surface area contributed by atoms with Crippen LogP contribution < -0.4 is 5.73 Å². The van der Waals surface area contributed by atoms with Crippen LogP contribution in [0, 0.1) is 11.8 Å². The average molecular weight is 227 g/mol. The van der Waals surface area contributed by atoms with E-state index < -0.39 is 0 Å². The third-order valence-electron chi connectivity index (χ3n) is 2.96. The predicted molar refractivity (Wildman–Crippen MR) is 72.6 cm³/mol. The van der Waals surface area contributed by atoms with E-state index in [0.29, 0.717) is 11.9 Å². The highest BCUT2D eigenvalue weighted by atomic mass is 15.2. The van der Waals surface area contributed by atoms with E-state index in [1.54, 1.807) is 0 Å². The molecule has 16 heavy (non-hydrogen) atoms. The Bertz CT molecular complexity index is 195. The molecule has 0 aliphatic heterocycles. The van der Waals surface area contributed by atoms with Crippen LogP contribution in [-0.2, 0) is 0 Å². The number of nitrogens with zero attached hydrogens (tertiary/aromatic N) is 2. The quantitative estimate of drug-likeness (QED) is 0.537. The van der Waals surface area contributed by atoms with E-state index in [-0.39, 0.29) is 0 Å². The zero-order valence-corrected chi connectivity index (χ0v) is 11.7. The minimum Gasteiger partial charge on any atom is -0.370 e. The Labute approximate surface area is 101 Å². The van der Waals surface area contributed by atoms with Crippen molar-refractivity contribution in [3.8, 4) is 0 Å². The summed E-state index contributed by atoms with van der Waals surface area (Å²) in [7, 11) is 0. The third kappa shape index (κ3) is 5.99. The number of guanidine groups is 1. The minimum absolute atomic E-state index is 0.574. The third-order valence-corrected chi connectivity index (χ3v) is 2.96. The molecule has 0 radical (unpaired) electrons. The second-order valence-electron chi connectivity index (χ2n) is 4.81. The number of hydrogen-bond acceptors (Lipinski definition) is 1. The maximum absolute atomic E-state index is 6.01. The minimum atomic E-state index is 0.574. The van der Waals surface area contributed by atoms with Crippen molar-refractivity contribution >= 4 is 5.96 Å². The highest BCUT2D eigenvalue weighted by Gasteiger charge is 2.11. The van der Waals surface area contributed by atoms with Gasteiger partial charge in [0.15, 0.2) is 5.96 Å². The summed E-state index contributed by atoms with van der Waals surface area (Å²) >= 11 is 0. The van der Waals surface area contributed by atoms with Gasteiger partial charge >= 0.3 is 0 Å². The van der Waals surface area contributed by atoms with Crippen LogP contribution in [-0.4, -0.2) is 30.5 Å². The first-order valence-corrected chi connectivity index (χ1v) is 6.59. The Morgan fingerprint density at radius 1 is 1.19 bits per heavy atom. The second kappa shape index (κ2) is 8.43. The summed E-state index contributed by atoms with van der Waals surface area (Å²) in [4.78, 5) is 6.63. The van der Waals surface area contributed by atoms with E-state index in [1.165, 1.54) is 12.8 Å². The van der Waals surface area contributed by atoms with Crippen molar-refractivity contribution in [2.45, 2.75) is 47.5 Å². The van der Waals surface area contributed by atoms with Crippen LogP contribution in [0.15, 0.2) is 4.99 Å². The maximum atomic E-state index is 6.01. The van der Waals surface area contributed by atoms with Crippen molar-refractivity contribution in [3.05, 3.63) is 0 Å². The molecule has 2 N–H and O–H groups in total. The standard InChI is InChI=1S/C13H29N3/c1-6-12(7-2)10-16(8-3)13(14)15-9-11(4)5/h11-12H,6-10H2,1-5H3,(H2,14,15). The van der Waals surface area contributed by atoms with Gasteiger partial charge in [0.05, 0.1) is 0 Å². The summed E-state index contributed by atoms with van der Waals surface area (Å²) < 4.78 is 0. The number of rotatable bonds is 7. The molecule has 0 aromatic carbocycles. The molecule has 0 saturated carbocycles. The van der Waals surface area contributed by atoms with Gasteiger partial charge in [0, 0.05) is 19.6 Å². The van der Waals surface area contributed by atoms with E-state index in [2.05, 4.69) is 44.5 Å². The summed E-state index contributed by atoms with van der Waals surface area (Å²) in [6.07, 6.45) is 2.43. The zero-order valence-electron chi connectivity index (χ0n) is 11.7. The van der Waals surface area contributed by atoms with Gasteiger partial charge in [-0.2, -0.15) is 0 Å². The van der Waals surface area contributed by atoms with Crippen LogP contribution in [0.2, 0.25) is 0 Å². The summed E-state index contributed by atoms with van der Waals surface area (Å²) in [5.74, 6) is 2.02. The van der Waals surface area contributed by atoms with Crippen LogP contribution in [0.5, 0.6) is 0 Å². The molecule has 3 nitrogen and oxygen atoms in total. The van der Waals surface area contributed by atoms with Crippen LogP contribution in [0.4, 0.5) is 0 Å². The Balaban J connectivity index is 4.30. The first-order valence-electron chi connectivity index (χ1n) is 6.59. The van der Waals surface area contributed by atoms with Gasteiger partial charge < -0.3 is 10.6 Å². The molecule has 0 rings (SSSR count). The summed E-state index contributed by atoms with van der Waals surface area (Å²) in [5, 5.41) is 0.